The zero-order valence-electron chi connectivity index (χ0n) is 19.1. The number of carbonyl (C=O) groups excluding carboxylic acids is 1. The van der Waals surface area contributed by atoms with Crippen molar-refractivity contribution >= 4 is 5.91 Å². The van der Waals surface area contributed by atoms with Crippen molar-refractivity contribution in [3.05, 3.63) is 0 Å². The van der Waals surface area contributed by atoms with Crippen LogP contribution in [0.3, 0.4) is 0 Å². The maximum atomic E-state index is 11.8. The third-order valence-electron chi connectivity index (χ3n) is 5.48. The smallest absolute Gasteiger partial charge is 0.219 e. The maximum Gasteiger partial charge on any atom is 0.219 e. The molecular formula is C23H49BrN2O2. The van der Waals surface area contributed by atoms with E-state index in [0.717, 1.165) is 37.0 Å². The quantitative estimate of drug-likeness (QED) is 0.214. The van der Waals surface area contributed by atoms with Crippen LogP contribution in [-0.4, -0.2) is 55.8 Å². The number of hydrogen-bond acceptors (Lipinski definition) is 2. The first-order chi connectivity index (χ1) is 13.0. The molecule has 5 heteroatoms. The Labute approximate surface area is 186 Å². The number of quaternary nitrogens is 1. The van der Waals surface area contributed by atoms with Crippen LogP contribution in [-0.2, 0) is 4.79 Å². The zero-order valence-corrected chi connectivity index (χ0v) is 20.7. The summed E-state index contributed by atoms with van der Waals surface area (Å²) in [5.74, 6) is 0.200. The molecule has 0 aromatic heterocycles. The molecule has 1 amide bonds. The van der Waals surface area contributed by atoms with Crippen molar-refractivity contribution in [3.8, 4) is 0 Å². The minimum Gasteiger partial charge on any atom is -1.00 e. The van der Waals surface area contributed by atoms with Gasteiger partial charge in [0.25, 0.3) is 0 Å². The Hall–Kier alpha value is -0.130. The number of aliphatic hydroxyl groups is 1. The number of rotatable bonds is 20. The highest BCUT2D eigenvalue weighted by Crippen LogP contribution is 2.12. The number of halogens is 1. The monoisotopic (exact) mass is 464 g/mol. The summed E-state index contributed by atoms with van der Waals surface area (Å²) in [6.07, 6.45) is 19.0. The molecule has 0 aliphatic heterocycles. The lowest BCUT2D eigenvalue weighted by atomic mass is 10.0. The van der Waals surface area contributed by atoms with Gasteiger partial charge in [0.1, 0.15) is 6.54 Å². The van der Waals surface area contributed by atoms with E-state index in [1.165, 1.54) is 77.0 Å². The van der Waals surface area contributed by atoms with Crippen molar-refractivity contribution in [1.82, 2.24) is 5.32 Å². The van der Waals surface area contributed by atoms with E-state index in [2.05, 4.69) is 26.3 Å². The summed E-state index contributed by atoms with van der Waals surface area (Å²) in [4.78, 5) is 11.8. The van der Waals surface area contributed by atoms with Gasteiger partial charge < -0.3 is 31.9 Å². The number of unbranched alkanes of at least 4 members (excludes halogenated alkanes) is 12. The van der Waals surface area contributed by atoms with Gasteiger partial charge in [-0.15, -0.1) is 0 Å². The zero-order chi connectivity index (χ0) is 20.2. The number of nitrogens with zero attached hydrogens (tertiary/aromatic N) is 1. The molecule has 28 heavy (non-hydrogen) atoms. The van der Waals surface area contributed by atoms with Crippen molar-refractivity contribution in [1.29, 1.82) is 0 Å². The molecule has 0 heterocycles. The normalized spacial score (nSPS) is 11.3. The van der Waals surface area contributed by atoms with Gasteiger partial charge in [-0.25, -0.2) is 0 Å². The molecule has 0 saturated carbocycles. The van der Waals surface area contributed by atoms with Crippen molar-refractivity contribution in [2.24, 2.45) is 0 Å². The Balaban J connectivity index is 0. The Morgan fingerprint density at radius 1 is 0.750 bits per heavy atom. The summed E-state index contributed by atoms with van der Waals surface area (Å²) in [6, 6.07) is 0. The molecule has 0 aliphatic carbocycles. The minimum absolute atomic E-state index is 0. The molecule has 2 N–H and O–H groups in total. The van der Waals surface area contributed by atoms with Crippen LogP contribution in [0.25, 0.3) is 0 Å². The van der Waals surface area contributed by atoms with E-state index < -0.39 is 0 Å². The van der Waals surface area contributed by atoms with Crippen LogP contribution in [0.2, 0.25) is 0 Å². The lowest BCUT2D eigenvalue weighted by Gasteiger charge is -2.28. The van der Waals surface area contributed by atoms with Gasteiger partial charge in [0, 0.05) is 19.4 Å². The number of nitrogens with one attached hydrogen (secondary N) is 1. The van der Waals surface area contributed by atoms with Crippen LogP contribution >= 0.6 is 0 Å². The van der Waals surface area contributed by atoms with Gasteiger partial charge in [0.2, 0.25) is 5.91 Å². The fraction of sp³-hybridized carbons (Fsp3) is 0.957. The SMILES string of the molecule is CCCCCCCCCCCCCCCC(=O)NCCC[N+](C)(C)CCO.[Br-]. The first-order valence-electron chi connectivity index (χ1n) is 11.7. The van der Waals surface area contributed by atoms with Gasteiger partial charge in [0.05, 0.1) is 27.2 Å². The van der Waals surface area contributed by atoms with E-state index in [0.29, 0.717) is 6.42 Å². The first-order valence-corrected chi connectivity index (χ1v) is 11.7. The summed E-state index contributed by atoms with van der Waals surface area (Å²) in [5.41, 5.74) is 0. The fourth-order valence-electron chi connectivity index (χ4n) is 3.51. The lowest BCUT2D eigenvalue weighted by Crippen LogP contribution is -3.00. The Kier molecular flexibility index (Phi) is 23.2. The Bertz CT molecular complexity index is 339. The summed E-state index contributed by atoms with van der Waals surface area (Å²) in [5, 5.41) is 12.0. The molecular weight excluding hydrogens is 416 g/mol. The molecule has 0 aliphatic rings. The molecule has 0 fully saturated rings. The summed E-state index contributed by atoms with van der Waals surface area (Å²) in [7, 11) is 4.23. The molecule has 0 aromatic carbocycles. The van der Waals surface area contributed by atoms with Gasteiger partial charge in [-0.3, -0.25) is 4.79 Å². The molecule has 0 rings (SSSR count). The standard InChI is InChI=1S/C23H48N2O2.BrH/c1-4-5-6-7-8-9-10-11-12-13-14-15-16-18-23(27)24-19-17-20-25(2,3)21-22-26;/h26H,4-22H2,1-3H3;1H. The highest BCUT2D eigenvalue weighted by molar-refractivity contribution is 5.75. The summed E-state index contributed by atoms with van der Waals surface area (Å²) < 4.78 is 0.811. The van der Waals surface area contributed by atoms with E-state index in [1.54, 1.807) is 0 Å². The van der Waals surface area contributed by atoms with Crippen LogP contribution in [0.1, 0.15) is 103 Å². The predicted molar refractivity (Wildman–Crippen MR) is 117 cm³/mol. The van der Waals surface area contributed by atoms with Crippen LogP contribution < -0.4 is 22.3 Å². The summed E-state index contributed by atoms with van der Waals surface area (Å²) in [6.45, 7) is 5.00. The maximum absolute atomic E-state index is 11.8. The third kappa shape index (κ3) is 22.2. The van der Waals surface area contributed by atoms with Crippen LogP contribution in [0, 0.1) is 0 Å². The Morgan fingerprint density at radius 2 is 1.21 bits per heavy atom. The summed E-state index contributed by atoms with van der Waals surface area (Å²) >= 11 is 0. The number of likely N-dealkylation sites (N-methyl/N-ethyl adjacent to an activating group) is 1. The predicted octanol–water partition coefficient (Wildman–Crippen LogP) is 2.05. The molecule has 4 nitrogen and oxygen atoms in total. The average molecular weight is 466 g/mol. The molecule has 0 unspecified atom stereocenters. The number of hydrogen-bond donors (Lipinski definition) is 2. The molecule has 0 atom stereocenters. The van der Waals surface area contributed by atoms with Crippen LogP contribution in [0.5, 0.6) is 0 Å². The van der Waals surface area contributed by atoms with E-state index in [4.69, 9.17) is 5.11 Å². The second-order valence-corrected chi connectivity index (χ2v) is 8.80. The second-order valence-electron chi connectivity index (χ2n) is 8.80. The highest BCUT2D eigenvalue weighted by atomic mass is 79.9. The van der Waals surface area contributed by atoms with Gasteiger partial charge >= 0.3 is 0 Å². The minimum atomic E-state index is 0. The van der Waals surface area contributed by atoms with Crippen molar-refractivity contribution < 1.29 is 31.4 Å². The van der Waals surface area contributed by atoms with Crippen molar-refractivity contribution in [3.63, 3.8) is 0 Å². The number of amides is 1. The van der Waals surface area contributed by atoms with Crippen molar-refractivity contribution in [2.75, 3.05) is 40.3 Å². The molecule has 0 radical (unpaired) electrons. The molecule has 0 saturated heterocycles. The van der Waals surface area contributed by atoms with Gasteiger partial charge in [0.15, 0.2) is 0 Å². The number of aliphatic hydroxyl groups excluding tert-OH is 1. The van der Waals surface area contributed by atoms with Gasteiger partial charge in [-0.05, 0) is 6.42 Å². The molecule has 0 bridgehead atoms. The van der Waals surface area contributed by atoms with Gasteiger partial charge in [-0.1, -0.05) is 84.0 Å². The third-order valence-corrected chi connectivity index (χ3v) is 5.48. The van der Waals surface area contributed by atoms with E-state index in [-0.39, 0.29) is 29.5 Å². The fourth-order valence-corrected chi connectivity index (χ4v) is 3.51. The van der Waals surface area contributed by atoms with Gasteiger partial charge in [-0.2, -0.15) is 0 Å². The molecule has 170 valence electrons. The Morgan fingerprint density at radius 3 is 1.68 bits per heavy atom. The lowest BCUT2D eigenvalue weighted by molar-refractivity contribution is -0.890. The number of carbonyl (C=O) groups is 1. The van der Waals surface area contributed by atoms with E-state index >= 15 is 0 Å². The molecule has 0 spiro atoms. The largest absolute Gasteiger partial charge is 1.00 e. The van der Waals surface area contributed by atoms with E-state index in [9.17, 15) is 4.79 Å². The molecule has 0 aromatic rings. The van der Waals surface area contributed by atoms with E-state index in [1.807, 2.05) is 0 Å². The second kappa shape index (κ2) is 21.6. The first kappa shape index (κ1) is 30.1. The average Bonchev–Trinajstić information content (AvgIpc) is 2.62. The van der Waals surface area contributed by atoms with Crippen molar-refractivity contribution in [2.45, 2.75) is 103 Å². The van der Waals surface area contributed by atoms with Crippen LogP contribution in [0.4, 0.5) is 0 Å². The topological polar surface area (TPSA) is 49.3 Å². The van der Waals surface area contributed by atoms with Crippen LogP contribution in [0.15, 0.2) is 0 Å². The highest BCUT2D eigenvalue weighted by Gasteiger charge is 2.13.